The van der Waals surface area contributed by atoms with E-state index in [1.807, 2.05) is 26.2 Å². The number of H-pyrrole nitrogens is 1. The van der Waals surface area contributed by atoms with E-state index in [1.54, 1.807) is 6.20 Å². The predicted octanol–water partition coefficient (Wildman–Crippen LogP) is 1.44. The highest BCUT2D eigenvalue weighted by Gasteiger charge is 2.02. The number of imidazole rings is 1. The number of hydrogen-bond donors (Lipinski definition) is 1. The lowest BCUT2D eigenvalue weighted by atomic mass is 10.4. The molecule has 2 aromatic heterocycles. The van der Waals surface area contributed by atoms with Gasteiger partial charge in [-0.05, 0) is 26.2 Å². The van der Waals surface area contributed by atoms with Crippen LogP contribution in [0.2, 0.25) is 0 Å². The van der Waals surface area contributed by atoms with Crippen LogP contribution in [0.4, 0.5) is 0 Å². The predicted molar refractivity (Wildman–Crippen MR) is 58.5 cm³/mol. The van der Waals surface area contributed by atoms with E-state index in [4.69, 9.17) is 0 Å². The van der Waals surface area contributed by atoms with Gasteiger partial charge in [-0.15, -0.1) is 12.4 Å². The van der Waals surface area contributed by atoms with Crippen LogP contribution in [0.3, 0.4) is 0 Å². The van der Waals surface area contributed by atoms with Crippen molar-refractivity contribution in [1.82, 2.24) is 19.9 Å². The van der Waals surface area contributed by atoms with Crippen molar-refractivity contribution in [1.29, 1.82) is 0 Å². The van der Waals surface area contributed by atoms with E-state index in [1.165, 1.54) is 0 Å². The van der Waals surface area contributed by atoms with Crippen LogP contribution in [-0.2, 0) is 6.54 Å². The molecule has 0 saturated carbocycles. The second kappa shape index (κ2) is 4.39. The first-order chi connectivity index (χ1) is 6.25. The van der Waals surface area contributed by atoms with Crippen LogP contribution in [-0.4, -0.2) is 33.9 Å². The fourth-order valence-corrected chi connectivity index (χ4v) is 1.27. The molecule has 0 fully saturated rings. The van der Waals surface area contributed by atoms with E-state index in [0.29, 0.717) is 0 Å². The topological polar surface area (TPSA) is 44.8 Å². The normalized spacial score (nSPS) is 10.5. The van der Waals surface area contributed by atoms with Crippen molar-refractivity contribution in [2.24, 2.45) is 0 Å². The second-order valence-electron chi connectivity index (χ2n) is 3.30. The van der Waals surface area contributed by atoms with Crippen molar-refractivity contribution < 1.29 is 0 Å². The number of nitrogens with one attached hydrogen (secondary N) is 1. The maximum atomic E-state index is 4.34. The standard InChI is InChI=1S/C9H12N4.ClH/c1-13(2)6-8-11-7-4-3-5-10-9(7)12-8;/h3-5H,6H2,1-2H3,(H,10,11,12);1H. The molecule has 0 bridgehead atoms. The Kier molecular flexibility index (Phi) is 3.43. The van der Waals surface area contributed by atoms with Crippen molar-refractivity contribution >= 4 is 23.6 Å². The van der Waals surface area contributed by atoms with Crippen molar-refractivity contribution in [3.05, 3.63) is 24.2 Å². The van der Waals surface area contributed by atoms with Gasteiger partial charge in [0.25, 0.3) is 0 Å². The summed E-state index contributed by atoms with van der Waals surface area (Å²) in [7, 11) is 4.03. The third-order valence-corrected chi connectivity index (χ3v) is 1.77. The Hall–Kier alpha value is -1.13. The summed E-state index contributed by atoms with van der Waals surface area (Å²) >= 11 is 0. The lowest BCUT2D eigenvalue weighted by Gasteiger charge is -2.04. The van der Waals surface area contributed by atoms with Crippen molar-refractivity contribution in [3.63, 3.8) is 0 Å². The number of rotatable bonds is 2. The highest BCUT2D eigenvalue weighted by atomic mass is 35.5. The summed E-state index contributed by atoms with van der Waals surface area (Å²) in [5.41, 5.74) is 1.79. The molecule has 2 rings (SSSR count). The molecule has 0 aliphatic heterocycles. The molecule has 1 N–H and O–H groups in total. The van der Waals surface area contributed by atoms with Gasteiger partial charge in [-0.25, -0.2) is 9.97 Å². The Morgan fingerprint density at radius 3 is 2.86 bits per heavy atom. The molecule has 0 aliphatic rings. The molecule has 0 amide bonds. The summed E-state index contributed by atoms with van der Waals surface area (Å²) in [5, 5.41) is 0. The number of aromatic amines is 1. The SMILES string of the molecule is CN(C)Cc1nc2ncccc2[nH]1.Cl. The Bertz CT molecular complexity index is 377. The fourth-order valence-electron chi connectivity index (χ4n) is 1.27. The van der Waals surface area contributed by atoms with E-state index in [2.05, 4.69) is 19.9 Å². The van der Waals surface area contributed by atoms with Crippen molar-refractivity contribution in [2.45, 2.75) is 6.54 Å². The number of aromatic nitrogens is 3. The first-order valence-corrected chi connectivity index (χ1v) is 4.20. The number of pyridine rings is 1. The van der Waals surface area contributed by atoms with Gasteiger partial charge >= 0.3 is 0 Å². The monoisotopic (exact) mass is 212 g/mol. The molecule has 0 aliphatic carbocycles. The van der Waals surface area contributed by atoms with Gasteiger partial charge in [0.2, 0.25) is 0 Å². The van der Waals surface area contributed by atoms with Gasteiger partial charge in [0, 0.05) is 6.20 Å². The maximum absolute atomic E-state index is 4.34. The van der Waals surface area contributed by atoms with Crippen LogP contribution in [0.1, 0.15) is 5.82 Å². The van der Waals surface area contributed by atoms with Gasteiger partial charge in [0.05, 0.1) is 12.1 Å². The van der Waals surface area contributed by atoms with Gasteiger partial charge in [0.15, 0.2) is 5.65 Å². The minimum atomic E-state index is 0. The highest BCUT2D eigenvalue weighted by molar-refractivity contribution is 5.85. The molecule has 0 atom stereocenters. The molecule has 76 valence electrons. The summed E-state index contributed by atoms with van der Waals surface area (Å²) in [6.07, 6.45) is 1.75. The molecule has 2 heterocycles. The third kappa shape index (κ3) is 2.21. The summed E-state index contributed by atoms with van der Waals surface area (Å²) in [6, 6.07) is 3.88. The zero-order chi connectivity index (χ0) is 9.26. The Balaban J connectivity index is 0.000000980. The largest absolute Gasteiger partial charge is 0.340 e. The quantitative estimate of drug-likeness (QED) is 0.820. The minimum absolute atomic E-state index is 0. The second-order valence-corrected chi connectivity index (χ2v) is 3.30. The molecule has 2 aromatic rings. The zero-order valence-corrected chi connectivity index (χ0v) is 9.01. The van der Waals surface area contributed by atoms with Crippen molar-refractivity contribution in [2.75, 3.05) is 14.1 Å². The molecule has 0 saturated heterocycles. The number of hydrogen-bond acceptors (Lipinski definition) is 3. The molecule has 0 aromatic carbocycles. The van der Waals surface area contributed by atoms with E-state index in [9.17, 15) is 0 Å². The molecule has 0 radical (unpaired) electrons. The molecular weight excluding hydrogens is 200 g/mol. The summed E-state index contributed by atoms with van der Waals surface area (Å²) in [4.78, 5) is 13.8. The van der Waals surface area contributed by atoms with E-state index >= 15 is 0 Å². The molecule has 4 nitrogen and oxygen atoms in total. The smallest absolute Gasteiger partial charge is 0.177 e. The molecule has 5 heteroatoms. The van der Waals surface area contributed by atoms with Crippen LogP contribution in [0, 0.1) is 0 Å². The lowest BCUT2D eigenvalue weighted by Crippen LogP contribution is -2.11. The van der Waals surface area contributed by atoms with Gasteiger partial charge in [-0.3, -0.25) is 0 Å². The molecule has 14 heavy (non-hydrogen) atoms. The third-order valence-electron chi connectivity index (χ3n) is 1.77. The molecule has 0 spiro atoms. The van der Waals surface area contributed by atoms with E-state index in [-0.39, 0.29) is 12.4 Å². The summed E-state index contributed by atoms with van der Waals surface area (Å²) in [5.74, 6) is 0.957. The first kappa shape index (κ1) is 10.9. The number of halogens is 1. The average molecular weight is 213 g/mol. The fraction of sp³-hybridized carbons (Fsp3) is 0.333. The Morgan fingerprint density at radius 1 is 1.43 bits per heavy atom. The number of nitrogens with zero attached hydrogens (tertiary/aromatic N) is 3. The zero-order valence-electron chi connectivity index (χ0n) is 8.19. The van der Waals surface area contributed by atoms with Crippen LogP contribution in [0.15, 0.2) is 18.3 Å². The van der Waals surface area contributed by atoms with Crippen LogP contribution < -0.4 is 0 Å². The van der Waals surface area contributed by atoms with Gasteiger partial charge in [0.1, 0.15) is 5.82 Å². The summed E-state index contributed by atoms with van der Waals surface area (Å²) in [6.45, 7) is 0.816. The van der Waals surface area contributed by atoms with Gasteiger partial charge in [-0.2, -0.15) is 0 Å². The van der Waals surface area contributed by atoms with Gasteiger partial charge < -0.3 is 9.88 Å². The molecular formula is C9H13ClN4. The van der Waals surface area contributed by atoms with Crippen molar-refractivity contribution in [3.8, 4) is 0 Å². The average Bonchev–Trinajstić information content (AvgIpc) is 2.44. The van der Waals surface area contributed by atoms with E-state index in [0.717, 1.165) is 23.5 Å². The van der Waals surface area contributed by atoms with Crippen LogP contribution in [0.5, 0.6) is 0 Å². The van der Waals surface area contributed by atoms with Gasteiger partial charge in [-0.1, -0.05) is 0 Å². The van der Waals surface area contributed by atoms with Crippen LogP contribution >= 0.6 is 12.4 Å². The lowest BCUT2D eigenvalue weighted by molar-refractivity contribution is 0.392. The van der Waals surface area contributed by atoms with Crippen LogP contribution in [0.25, 0.3) is 11.2 Å². The molecule has 0 unspecified atom stereocenters. The first-order valence-electron chi connectivity index (χ1n) is 4.20. The summed E-state index contributed by atoms with van der Waals surface area (Å²) < 4.78 is 0. The minimum Gasteiger partial charge on any atom is -0.340 e. The highest BCUT2D eigenvalue weighted by Crippen LogP contribution is 2.07. The Labute approximate surface area is 88.8 Å². The maximum Gasteiger partial charge on any atom is 0.177 e. The Morgan fingerprint density at radius 2 is 2.21 bits per heavy atom. The number of fused-ring (bicyclic) bond motifs is 1. The van der Waals surface area contributed by atoms with E-state index < -0.39 is 0 Å².